The smallest absolute Gasteiger partial charge is 0.254 e. The second kappa shape index (κ2) is 5.90. The number of carbonyl (C=O) groups excluding carboxylic acids is 1. The number of benzene rings is 2. The minimum Gasteiger partial charge on any atom is -0.399 e. The number of hydrogen-bond acceptors (Lipinski definition) is 2. The van der Waals surface area contributed by atoms with E-state index in [0.717, 1.165) is 22.9 Å². The van der Waals surface area contributed by atoms with E-state index in [2.05, 4.69) is 15.9 Å². The highest BCUT2D eigenvalue weighted by atomic mass is 79.9. The molecule has 0 bridgehead atoms. The molecule has 0 saturated heterocycles. The number of carbonyl (C=O) groups is 1. The molecule has 3 rings (SSSR count). The lowest BCUT2D eigenvalue weighted by Crippen LogP contribution is -2.32. The maximum Gasteiger partial charge on any atom is 0.254 e. The molecule has 0 aliphatic heterocycles. The van der Waals surface area contributed by atoms with Crippen LogP contribution in [0.2, 0.25) is 0 Å². The molecule has 2 aromatic carbocycles. The summed E-state index contributed by atoms with van der Waals surface area (Å²) in [5.74, 6) is 0.0561. The zero-order valence-corrected chi connectivity index (χ0v) is 13.2. The largest absolute Gasteiger partial charge is 0.399 e. The zero-order valence-electron chi connectivity index (χ0n) is 11.6. The zero-order chi connectivity index (χ0) is 14.8. The maximum atomic E-state index is 12.7. The Morgan fingerprint density at radius 3 is 2.62 bits per heavy atom. The molecule has 1 aliphatic carbocycles. The molecule has 108 valence electrons. The van der Waals surface area contributed by atoms with Crippen molar-refractivity contribution in [2.24, 2.45) is 0 Å². The Morgan fingerprint density at radius 2 is 1.95 bits per heavy atom. The summed E-state index contributed by atoms with van der Waals surface area (Å²) in [6.45, 7) is 0.625. The standard InChI is InChI=1S/C17H17BrN2O/c18-16-7-2-1-4-13(16)11-20(15-8-9-15)17(21)12-5-3-6-14(19)10-12/h1-7,10,15H,8-9,11,19H2. The van der Waals surface area contributed by atoms with E-state index in [9.17, 15) is 4.79 Å². The molecule has 2 N–H and O–H groups in total. The molecule has 1 fully saturated rings. The highest BCUT2D eigenvalue weighted by Gasteiger charge is 2.33. The van der Waals surface area contributed by atoms with Crippen LogP contribution in [-0.4, -0.2) is 16.8 Å². The summed E-state index contributed by atoms with van der Waals surface area (Å²) in [4.78, 5) is 14.7. The average Bonchev–Trinajstić information content (AvgIpc) is 3.30. The first kappa shape index (κ1) is 14.1. The van der Waals surface area contributed by atoms with Crippen LogP contribution >= 0.6 is 15.9 Å². The average molecular weight is 345 g/mol. The molecule has 0 radical (unpaired) electrons. The van der Waals surface area contributed by atoms with Crippen molar-refractivity contribution in [3.05, 3.63) is 64.1 Å². The number of anilines is 1. The van der Waals surface area contributed by atoms with Crippen molar-refractivity contribution in [1.29, 1.82) is 0 Å². The normalized spacial score (nSPS) is 14.0. The predicted octanol–water partition coefficient (Wildman–Crippen LogP) is 3.84. The Hall–Kier alpha value is -1.81. The van der Waals surface area contributed by atoms with E-state index in [1.54, 1.807) is 12.1 Å². The van der Waals surface area contributed by atoms with Crippen LogP contribution in [0, 0.1) is 0 Å². The van der Waals surface area contributed by atoms with Gasteiger partial charge >= 0.3 is 0 Å². The molecule has 0 heterocycles. The number of nitrogen functional groups attached to an aromatic ring is 1. The van der Waals surface area contributed by atoms with E-state index >= 15 is 0 Å². The van der Waals surface area contributed by atoms with Crippen LogP contribution in [0.25, 0.3) is 0 Å². The first-order chi connectivity index (χ1) is 10.1. The fourth-order valence-corrected chi connectivity index (χ4v) is 2.81. The Morgan fingerprint density at radius 1 is 1.19 bits per heavy atom. The van der Waals surface area contributed by atoms with Gasteiger partial charge in [0.25, 0.3) is 5.91 Å². The number of hydrogen-bond donors (Lipinski definition) is 1. The summed E-state index contributed by atoms with van der Waals surface area (Å²) in [7, 11) is 0. The van der Waals surface area contributed by atoms with Gasteiger partial charge < -0.3 is 10.6 Å². The van der Waals surface area contributed by atoms with E-state index in [1.807, 2.05) is 41.3 Å². The molecular formula is C17H17BrN2O. The summed E-state index contributed by atoms with van der Waals surface area (Å²) in [5.41, 5.74) is 8.20. The molecule has 1 saturated carbocycles. The molecule has 1 amide bonds. The van der Waals surface area contributed by atoms with Gasteiger partial charge in [-0.25, -0.2) is 0 Å². The van der Waals surface area contributed by atoms with Crippen LogP contribution < -0.4 is 5.73 Å². The minimum absolute atomic E-state index is 0.0561. The van der Waals surface area contributed by atoms with Gasteiger partial charge in [-0.1, -0.05) is 40.2 Å². The van der Waals surface area contributed by atoms with Gasteiger partial charge in [-0.3, -0.25) is 4.79 Å². The van der Waals surface area contributed by atoms with Crippen LogP contribution in [0.5, 0.6) is 0 Å². The van der Waals surface area contributed by atoms with Crippen molar-refractivity contribution in [3.63, 3.8) is 0 Å². The number of amides is 1. The maximum absolute atomic E-state index is 12.7. The van der Waals surface area contributed by atoms with Crippen molar-refractivity contribution in [2.45, 2.75) is 25.4 Å². The first-order valence-electron chi connectivity index (χ1n) is 7.05. The third kappa shape index (κ3) is 3.27. The minimum atomic E-state index is 0.0561. The molecule has 3 nitrogen and oxygen atoms in total. The highest BCUT2D eigenvalue weighted by Crippen LogP contribution is 2.31. The van der Waals surface area contributed by atoms with E-state index in [1.165, 1.54) is 0 Å². The number of nitrogens with two attached hydrogens (primary N) is 1. The number of rotatable bonds is 4. The molecule has 1 aliphatic rings. The van der Waals surface area contributed by atoms with Crippen LogP contribution in [0.4, 0.5) is 5.69 Å². The second-order valence-corrected chi connectivity index (χ2v) is 6.24. The summed E-state index contributed by atoms with van der Waals surface area (Å²) in [6.07, 6.45) is 2.16. The van der Waals surface area contributed by atoms with Gasteiger partial charge in [0.05, 0.1) is 0 Å². The van der Waals surface area contributed by atoms with Gasteiger partial charge in [0.1, 0.15) is 0 Å². The Labute approximate surface area is 132 Å². The number of halogens is 1. The lowest BCUT2D eigenvalue weighted by atomic mass is 10.1. The molecule has 4 heteroatoms. The molecule has 0 spiro atoms. The van der Waals surface area contributed by atoms with Crippen molar-refractivity contribution in [1.82, 2.24) is 4.90 Å². The molecule has 21 heavy (non-hydrogen) atoms. The molecule has 0 unspecified atom stereocenters. The predicted molar refractivity (Wildman–Crippen MR) is 87.9 cm³/mol. The monoisotopic (exact) mass is 344 g/mol. The third-order valence-electron chi connectivity index (χ3n) is 3.68. The summed E-state index contributed by atoms with van der Waals surface area (Å²) < 4.78 is 1.04. The Bertz CT molecular complexity index is 667. The SMILES string of the molecule is Nc1cccc(C(=O)N(Cc2ccccc2Br)C2CC2)c1. The Balaban J connectivity index is 1.85. The van der Waals surface area contributed by atoms with Crippen molar-refractivity contribution < 1.29 is 4.79 Å². The lowest BCUT2D eigenvalue weighted by molar-refractivity contribution is 0.0729. The summed E-state index contributed by atoms with van der Waals surface area (Å²) in [6, 6.07) is 15.6. The van der Waals surface area contributed by atoms with E-state index in [-0.39, 0.29) is 5.91 Å². The van der Waals surface area contributed by atoms with Gasteiger partial charge in [-0.2, -0.15) is 0 Å². The van der Waals surface area contributed by atoms with Crippen LogP contribution in [0.3, 0.4) is 0 Å². The van der Waals surface area contributed by atoms with Gasteiger partial charge in [0.15, 0.2) is 0 Å². The molecule has 0 aromatic heterocycles. The van der Waals surface area contributed by atoms with Crippen LogP contribution in [-0.2, 0) is 6.54 Å². The first-order valence-corrected chi connectivity index (χ1v) is 7.84. The number of nitrogens with zero attached hydrogens (tertiary/aromatic N) is 1. The van der Waals surface area contributed by atoms with Gasteiger partial charge in [-0.05, 0) is 42.7 Å². The molecule has 2 aromatic rings. The van der Waals surface area contributed by atoms with Gasteiger partial charge in [0.2, 0.25) is 0 Å². The summed E-state index contributed by atoms with van der Waals surface area (Å²) in [5, 5.41) is 0. The van der Waals surface area contributed by atoms with Gasteiger partial charge in [-0.15, -0.1) is 0 Å². The topological polar surface area (TPSA) is 46.3 Å². The molecule has 0 atom stereocenters. The lowest BCUT2D eigenvalue weighted by Gasteiger charge is -2.23. The van der Waals surface area contributed by atoms with E-state index in [4.69, 9.17) is 5.73 Å². The fraction of sp³-hybridized carbons (Fsp3) is 0.235. The van der Waals surface area contributed by atoms with Crippen LogP contribution in [0.15, 0.2) is 53.0 Å². The van der Waals surface area contributed by atoms with Crippen molar-refractivity contribution in [2.75, 3.05) is 5.73 Å². The molecular weight excluding hydrogens is 328 g/mol. The highest BCUT2D eigenvalue weighted by molar-refractivity contribution is 9.10. The van der Waals surface area contributed by atoms with Gasteiger partial charge in [0, 0.05) is 28.3 Å². The second-order valence-electron chi connectivity index (χ2n) is 5.38. The third-order valence-corrected chi connectivity index (χ3v) is 4.45. The Kier molecular flexibility index (Phi) is 3.97. The quantitative estimate of drug-likeness (QED) is 0.856. The van der Waals surface area contributed by atoms with Crippen molar-refractivity contribution in [3.8, 4) is 0 Å². The van der Waals surface area contributed by atoms with E-state index in [0.29, 0.717) is 23.8 Å². The fourth-order valence-electron chi connectivity index (χ4n) is 2.40. The van der Waals surface area contributed by atoms with Crippen molar-refractivity contribution >= 4 is 27.5 Å². The van der Waals surface area contributed by atoms with E-state index < -0.39 is 0 Å². The summed E-state index contributed by atoms with van der Waals surface area (Å²) >= 11 is 3.55. The van der Waals surface area contributed by atoms with Crippen LogP contribution in [0.1, 0.15) is 28.8 Å².